The molecular weight excluding hydrogens is 536 g/mol. The molecule has 0 spiro atoms. The van der Waals surface area contributed by atoms with Crippen molar-refractivity contribution in [3.63, 3.8) is 0 Å². The second-order valence-electron chi connectivity index (χ2n) is 12.3. The first-order chi connectivity index (χ1) is 21.2. The number of aryl methyl sites for hydroxylation is 4. The van der Waals surface area contributed by atoms with Gasteiger partial charge in [0.25, 0.3) is 0 Å². The lowest BCUT2D eigenvalue weighted by Crippen LogP contribution is -1.92. The van der Waals surface area contributed by atoms with Crippen LogP contribution < -0.4 is 0 Å². The summed E-state index contributed by atoms with van der Waals surface area (Å²) in [4.78, 5) is 18.4. The maximum atomic E-state index is 5.35. The maximum Gasteiger partial charge on any atom is 0.0769 e. The van der Waals surface area contributed by atoms with E-state index in [2.05, 4.69) is 138 Å². The van der Waals surface area contributed by atoms with Crippen LogP contribution in [0.3, 0.4) is 0 Å². The summed E-state index contributed by atoms with van der Waals surface area (Å²) < 4.78 is 0. The number of aromatic amines is 2. The average Bonchev–Trinajstić information content (AvgIpc) is 3.67. The molecule has 4 nitrogen and oxygen atoms in total. The second kappa shape index (κ2) is 10.3. The van der Waals surface area contributed by atoms with Crippen LogP contribution in [0.2, 0.25) is 0 Å². The van der Waals surface area contributed by atoms with Crippen LogP contribution >= 0.6 is 0 Å². The molecule has 0 saturated carbocycles. The van der Waals surface area contributed by atoms with E-state index in [1.165, 1.54) is 55.7 Å². The first-order valence-corrected chi connectivity index (χ1v) is 15.4. The number of aromatic nitrogens is 4. The van der Waals surface area contributed by atoms with Gasteiger partial charge in [0, 0.05) is 22.2 Å². The predicted octanol–water partition coefficient (Wildman–Crippen LogP) is 10.8. The van der Waals surface area contributed by atoms with E-state index in [4.69, 9.17) is 9.97 Å². The minimum atomic E-state index is 0.983. The Labute approximate surface area is 259 Å². The molecule has 2 N–H and O–H groups in total. The van der Waals surface area contributed by atoms with Crippen LogP contribution in [0.5, 0.6) is 0 Å². The van der Waals surface area contributed by atoms with E-state index in [-0.39, 0.29) is 0 Å². The van der Waals surface area contributed by atoms with Crippen LogP contribution in [-0.2, 0) is 0 Å². The van der Waals surface area contributed by atoms with Gasteiger partial charge in [-0.15, -0.1) is 0 Å². The van der Waals surface area contributed by atoms with Crippen molar-refractivity contribution in [1.82, 2.24) is 19.9 Å². The summed E-state index contributed by atoms with van der Waals surface area (Å²) in [7, 11) is 0. The standard InChI is InChI=1S/C40H38N4/c1-21-25(5)37-35(29-15-11-9-12-16-29)38-27(7)23(3)33(43-38)20-34-24(4)28(8)40(44-34)36(30-17-13-10-14-18-30)39-26(6)22(2)32(42-39)19-31(21)41-37/h9-20,41,43H,1-8H3. The van der Waals surface area contributed by atoms with E-state index in [1.54, 1.807) is 0 Å². The van der Waals surface area contributed by atoms with Crippen LogP contribution in [0.4, 0.5) is 0 Å². The van der Waals surface area contributed by atoms with Gasteiger partial charge in [0.1, 0.15) is 0 Å². The highest BCUT2D eigenvalue weighted by Gasteiger charge is 2.25. The van der Waals surface area contributed by atoms with Crippen molar-refractivity contribution in [2.24, 2.45) is 0 Å². The van der Waals surface area contributed by atoms with Crippen molar-refractivity contribution in [2.45, 2.75) is 55.4 Å². The highest BCUT2D eigenvalue weighted by atomic mass is 14.8. The van der Waals surface area contributed by atoms with Crippen molar-refractivity contribution in [3.05, 3.63) is 118 Å². The fourth-order valence-electron chi connectivity index (χ4n) is 6.58. The zero-order valence-electron chi connectivity index (χ0n) is 26.8. The van der Waals surface area contributed by atoms with Gasteiger partial charge in [0.15, 0.2) is 0 Å². The summed E-state index contributed by atoms with van der Waals surface area (Å²) in [5.41, 5.74) is 22.6. The zero-order valence-corrected chi connectivity index (χ0v) is 26.8. The van der Waals surface area contributed by atoms with Gasteiger partial charge < -0.3 is 9.97 Å². The fraction of sp³-hybridized carbons (Fsp3) is 0.200. The Kier molecular flexibility index (Phi) is 6.55. The first kappa shape index (κ1) is 27.8. The van der Waals surface area contributed by atoms with Gasteiger partial charge in [0.05, 0.1) is 33.8 Å². The van der Waals surface area contributed by atoms with E-state index in [0.29, 0.717) is 0 Å². The Morgan fingerprint density at radius 1 is 0.432 bits per heavy atom. The first-order valence-electron chi connectivity index (χ1n) is 15.4. The van der Waals surface area contributed by atoms with Crippen LogP contribution in [0, 0.1) is 27.7 Å². The van der Waals surface area contributed by atoms with Gasteiger partial charge in [-0.1, -0.05) is 60.7 Å². The SMILES string of the molecule is CC1=C(C)c2nc1cc1[nH]c(c(C)c1C)c(-c1ccccc1)c1[nH]c(cc3nc(c2-c2ccccc2)C(C)=C3C)c(C)c1C. The Morgan fingerprint density at radius 2 is 0.818 bits per heavy atom. The predicted molar refractivity (Wildman–Crippen MR) is 187 cm³/mol. The molecule has 2 aromatic carbocycles. The van der Waals surface area contributed by atoms with Gasteiger partial charge in [-0.3, -0.25) is 0 Å². The topological polar surface area (TPSA) is 57.4 Å². The van der Waals surface area contributed by atoms with Gasteiger partial charge in [-0.05, 0) is 123 Å². The van der Waals surface area contributed by atoms with E-state index in [0.717, 1.165) is 56.0 Å². The number of hydrogen-bond acceptors (Lipinski definition) is 2. The second-order valence-corrected chi connectivity index (χ2v) is 12.3. The average molecular weight is 575 g/mol. The van der Waals surface area contributed by atoms with Crippen LogP contribution in [-0.4, -0.2) is 19.9 Å². The number of rotatable bonds is 2. The summed E-state index contributed by atoms with van der Waals surface area (Å²) >= 11 is 0. The van der Waals surface area contributed by atoms with Crippen molar-refractivity contribution in [2.75, 3.05) is 0 Å². The molecule has 0 saturated heterocycles. The third kappa shape index (κ3) is 4.20. The summed E-state index contributed by atoms with van der Waals surface area (Å²) in [6.45, 7) is 17.6. The molecule has 0 aliphatic carbocycles. The summed E-state index contributed by atoms with van der Waals surface area (Å²) in [5, 5.41) is 0. The highest BCUT2D eigenvalue weighted by molar-refractivity contribution is 6.02. The fourth-order valence-corrected chi connectivity index (χ4v) is 6.58. The Morgan fingerprint density at radius 3 is 1.23 bits per heavy atom. The summed E-state index contributed by atoms with van der Waals surface area (Å²) in [5.74, 6) is 0. The molecule has 2 aliphatic heterocycles. The van der Waals surface area contributed by atoms with E-state index < -0.39 is 0 Å². The van der Waals surface area contributed by atoms with Crippen molar-refractivity contribution in [1.29, 1.82) is 0 Å². The number of nitrogens with zero attached hydrogens (tertiary/aromatic N) is 2. The molecule has 2 aliphatic rings. The number of allylic oxidation sites excluding steroid dienone is 4. The molecular formula is C40H38N4. The van der Waals surface area contributed by atoms with Crippen LogP contribution in [0.1, 0.15) is 72.7 Å². The molecule has 4 heteroatoms. The Balaban J connectivity index is 1.75. The molecule has 8 bridgehead atoms. The number of benzene rings is 2. The smallest absolute Gasteiger partial charge is 0.0769 e. The molecule has 0 amide bonds. The molecule has 44 heavy (non-hydrogen) atoms. The van der Waals surface area contributed by atoms with E-state index in [1.807, 2.05) is 0 Å². The number of hydrogen-bond donors (Lipinski definition) is 2. The molecule has 0 unspecified atom stereocenters. The van der Waals surface area contributed by atoms with Crippen molar-refractivity contribution >= 4 is 44.4 Å². The quantitative estimate of drug-likeness (QED) is 0.220. The van der Waals surface area contributed by atoms with Gasteiger partial charge in [-0.2, -0.15) is 0 Å². The minimum absolute atomic E-state index is 0.983. The maximum absolute atomic E-state index is 5.35. The lowest BCUT2D eigenvalue weighted by atomic mass is 9.95. The summed E-state index contributed by atoms with van der Waals surface area (Å²) in [6, 6.07) is 25.7. The van der Waals surface area contributed by atoms with Crippen LogP contribution in [0.25, 0.3) is 66.6 Å². The monoisotopic (exact) mass is 574 g/mol. The molecule has 5 heterocycles. The molecule has 0 radical (unpaired) electrons. The normalized spacial score (nSPS) is 13.3. The van der Waals surface area contributed by atoms with E-state index in [9.17, 15) is 0 Å². The largest absolute Gasteiger partial charge is 0.354 e. The molecule has 0 atom stereocenters. The van der Waals surface area contributed by atoms with Gasteiger partial charge in [0.2, 0.25) is 0 Å². The third-order valence-electron chi connectivity index (χ3n) is 9.93. The van der Waals surface area contributed by atoms with Crippen molar-refractivity contribution in [3.8, 4) is 22.3 Å². The Hall–Kier alpha value is -4.96. The lowest BCUT2D eigenvalue weighted by molar-refractivity contribution is 1.25. The zero-order chi connectivity index (χ0) is 30.9. The highest BCUT2D eigenvalue weighted by Crippen LogP contribution is 2.42. The number of H-pyrrole nitrogens is 2. The molecule has 0 fully saturated rings. The van der Waals surface area contributed by atoms with Gasteiger partial charge >= 0.3 is 0 Å². The van der Waals surface area contributed by atoms with Crippen LogP contribution in [0.15, 0.2) is 72.8 Å². The molecule has 218 valence electrons. The van der Waals surface area contributed by atoms with Crippen molar-refractivity contribution < 1.29 is 0 Å². The third-order valence-corrected chi connectivity index (χ3v) is 9.93. The Bertz CT molecular complexity index is 2100. The number of fused-ring (bicyclic) bond motifs is 8. The van der Waals surface area contributed by atoms with E-state index >= 15 is 0 Å². The molecule has 3 aromatic heterocycles. The van der Waals surface area contributed by atoms with Gasteiger partial charge in [-0.25, -0.2) is 9.97 Å². The lowest BCUT2D eigenvalue weighted by Gasteiger charge is -2.09. The minimum Gasteiger partial charge on any atom is -0.354 e. The number of nitrogens with one attached hydrogen (secondary N) is 2. The molecule has 5 aromatic rings. The summed E-state index contributed by atoms with van der Waals surface area (Å²) in [6.07, 6.45) is 0. The molecule has 7 rings (SSSR count).